The van der Waals surface area contributed by atoms with Crippen molar-refractivity contribution in [2.24, 2.45) is 0 Å². The first kappa shape index (κ1) is 20.8. The van der Waals surface area contributed by atoms with Gasteiger partial charge >= 0.3 is 0 Å². The summed E-state index contributed by atoms with van der Waals surface area (Å²) in [7, 11) is 0. The summed E-state index contributed by atoms with van der Waals surface area (Å²) in [6.07, 6.45) is 2.82. The van der Waals surface area contributed by atoms with E-state index in [1.807, 2.05) is 19.3 Å². The molecule has 0 bridgehead atoms. The van der Waals surface area contributed by atoms with Gasteiger partial charge in [-0.1, -0.05) is 25.1 Å². The summed E-state index contributed by atoms with van der Waals surface area (Å²) in [4.78, 5) is 16.8. The standard InChI is InChI=1S/C26H27N7O/c1-4-19-16(2)28-22-8-6-5-7-20(22)25(19)33-15-27-24-21(26-29-17(3)30-31-26)13-18(14-23(24)33)32-9-11-34-12-10-32/h5-8,13-15H,4,9-12H2,1-3H3,(H,29,30,31). The molecule has 6 rings (SSSR count). The van der Waals surface area contributed by atoms with E-state index in [1.165, 1.54) is 5.56 Å². The maximum atomic E-state index is 5.60. The van der Waals surface area contributed by atoms with Gasteiger partial charge in [-0.2, -0.15) is 5.10 Å². The van der Waals surface area contributed by atoms with E-state index in [-0.39, 0.29) is 0 Å². The second-order valence-electron chi connectivity index (χ2n) is 8.70. The van der Waals surface area contributed by atoms with E-state index in [2.05, 4.69) is 68.8 Å². The average Bonchev–Trinajstić information content (AvgIpc) is 3.49. The number of benzene rings is 2. The molecule has 0 atom stereocenters. The number of ether oxygens (including phenoxy) is 1. The van der Waals surface area contributed by atoms with Crippen molar-refractivity contribution in [3.8, 4) is 17.1 Å². The molecule has 0 radical (unpaired) electrons. The molecule has 34 heavy (non-hydrogen) atoms. The second kappa shape index (κ2) is 8.22. The molecule has 1 N–H and O–H groups in total. The molecule has 3 aromatic heterocycles. The number of fused-ring (bicyclic) bond motifs is 2. The van der Waals surface area contributed by atoms with Crippen molar-refractivity contribution >= 4 is 27.6 Å². The first-order chi connectivity index (χ1) is 16.6. The lowest BCUT2D eigenvalue weighted by Crippen LogP contribution is -2.36. The Bertz CT molecular complexity index is 1510. The monoisotopic (exact) mass is 453 g/mol. The van der Waals surface area contributed by atoms with Crippen LogP contribution < -0.4 is 4.90 Å². The van der Waals surface area contributed by atoms with Crippen molar-refractivity contribution in [1.29, 1.82) is 0 Å². The Morgan fingerprint density at radius 2 is 1.88 bits per heavy atom. The zero-order valence-electron chi connectivity index (χ0n) is 19.7. The molecule has 172 valence electrons. The van der Waals surface area contributed by atoms with Gasteiger partial charge in [-0.25, -0.2) is 9.97 Å². The smallest absolute Gasteiger partial charge is 0.158 e. The SMILES string of the molecule is CCc1c(C)nc2ccccc2c1-n1cnc2c(-c3nc(C)n[nH]3)cc(N3CCOCC3)cc21. The van der Waals surface area contributed by atoms with Gasteiger partial charge in [0.05, 0.1) is 35.5 Å². The summed E-state index contributed by atoms with van der Waals surface area (Å²) < 4.78 is 7.83. The average molecular weight is 454 g/mol. The number of para-hydroxylation sites is 1. The highest BCUT2D eigenvalue weighted by atomic mass is 16.5. The van der Waals surface area contributed by atoms with Crippen molar-refractivity contribution < 1.29 is 4.74 Å². The third kappa shape index (κ3) is 3.33. The lowest BCUT2D eigenvalue weighted by Gasteiger charge is -2.29. The van der Waals surface area contributed by atoms with Crippen molar-refractivity contribution in [1.82, 2.24) is 29.7 Å². The molecule has 4 heterocycles. The molecule has 0 amide bonds. The summed E-state index contributed by atoms with van der Waals surface area (Å²) in [6.45, 7) is 9.32. The quantitative estimate of drug-likeness (QED) is 0.435. The van der Waals surface area contributed by atoms with Crippen LogP contribution in [0.1, 0.15) is 24.0 Å². The summed E-state index contributed by atoms with van der Waals surface area (Å²) in [5, 5.41) is 8.49. The fraction of sp³-hybridized carbons (Fsp3) is 0.308. The molecule has 1 aliphatic heterocycles. The fourth-order valence-electron chi connectivity index (χ4n) is 4.98. The maximum Gasteiger partial charge on any atom is 0.158 e. The first-order valence-corrected chi connectivity index (χ1v) is 11.8. The molecule has 8 heteroatoms. The van der Waals surface area contributed by atoms with Crippen molar-refractivity contribution in [2.75, 3.05) is 31.2 Å². The number of morpholine rings is 1. The van der Waals surface area contributed by atoms with Crippen molar-refractivity contribution in [2.45, 2.75) is 27.2 Å². The summed E-state index contributed by atoms with van der Waals surface area (Å²) in [6, 6.07) is 12.7. The Morgan fingerprint density at radius 3 is 2.65 bits per heavy atom. The number of nitrogens with zero attached hydrogens (tertiary/aromatic N) is 6. The molecular formula is C26H27N7O. The van der Waals surface area contributed by atoms with E-state index >= 15 is 0 Å². The van der Waals surface area contributed by atoms with Gasteiger partial charge in [0.25, 0.3) is 0 Å². The Balaban J connectivity index is 1.66. The Morgan fingerprint density at radius 1 is 1.06 bits per heavy atom. The van der Waals surface area contributed by atoms with E-state index < -0.39 is 0 Å². The maximum absolute atomic E-state index is 5.60. The molecule has 0 unspecified atom stereocenters. The molecule has 1 aliphatic rings. The molecule has 2 aromatic carbocycles. The van der Waals surface area contributed by atoms with Crippen LogP contribution in [0.25, 0.3) is 39.0 Å². The normalized spacial score (nSPS) is 14.4. The highest BCUT2D eigenvalue weighted by molar-refractivity contribution is 5.97. The highest BCUT2D eigenvalue weighted by Crippen LogP contribution is 2.36. The molecular weight excluding hydrogens is 426 g/mol. The molecule has 0 spiro atoms. The molecule has 5 aromatic rings. The van der Waals surface area contributed by atoms with E-state index in [9.17, 15) is 0 Å². The van der Waals surface area contributed by atoms with Crippen LogP contribution >= 0.6 is 0 Å². The first-order valence-electron chi connectivity index (χ1n) is 11.8. The molecule has 0 aliphatic carbocycles. The molecule has 1 fully saturated rings. The summed E-state index contributed by atoms with van der Waals surface area (Å²) in [5.74, 6) is 1.44. The number of anilines is 1. The van der Waals surface area contributed by atoms with Gasteiger partial charge in [0, 0.05) is 35.4 Å². The largest absolute Gasteiger partial charge is 0.378 e. The van der Waals surface area contributed by atoms with Gasteiger partial charge in [-0.05, 0) is 44.0 Å². The van der Waals surface area contributed by atoms with Crippen LogP contribution in [0.3, 0.4) is 0 Å². The predicted octanol–water partition coefficient (Wildman–Crippen LogP) is 4.37. The third-order valence-corrected chi connectivity index (χ3v) is 6.63. The van der Waals surface area contributed by atoms with Crippen molar-refractivity contribution in [3.05, 3.63) is 59.8 Å². The minimum atomic E-state index is 0.711. The number of pyridine rings is 1. The van der Waals surface area contributed by atoms with E-state index in [4.69, 9.17) is 14.7 Å². The van der Waals surface area contributed by atoms with Gasteiger partial charge in [-0.15, -0.1) is 0 Å². The topological polar surface area (TPSA) is 84.8 Å². The number of imidazole rings is 1. The van der Waals surface area contributed by atoms with E-state index in [0.29, 0.717) is 5.82 Å². The highest BCUT2D eigenvalue weighted by Gasteiger charge is 2.21. The Hall–Kier alpha value is -3.78. The number of aromatic nitrogens is 6. The lowest BCUT2D eigenvalue weighted by molar-refractivity contribution is 0.122. The summed E-state index contributed by atoms with van der Waals surface area (Å²) in [5.41, 5.74) is 8.44. The van der Waals surface area contributed by atoms with Crippen LogP contribution in [0.4, 0.5) is 5.69 Å². The lowest BCUT2D eigenvalue weighted by atomic mass is 10.0. The minimum absolute atomic E-state index is 0.711. The number of nitrogens with one attached hydrogen (secondary N) is 1. The van der Waals surface area contributed by atoms with Crippen LogP contribution in [0.5, 0.6) is 0 Å². The van der Waals surface area contributed by atoms with Gasteiger partial charge in [0.15, 0.2) is 5.82 Å². The summed E-state index contributed by atoms with van der Waals surface area (Å²) >= 11 is 0. The molecule has 8 nitrogen and oxygen atoms in total. The number of H-pyrrole nitrogens is 1. The zero-order valence-corrected chi connectivity index (χ0v) is 19.7. The Labute approximate surface area is 197 Å². The van der Waals surface area contributed by atoms with Crippen LogP contribution in [-0.4, -0.2) is 56.0 Å². The van der Waals surface area contributed by atoms with Gasteiger partial charge in [-0.3, -0.25) is 14.6 Å². The Kier molecular flexibility index (Phi) is 5.03. The number of aryl methyl sites for hydroxylation is 2. The minimum Gasteiger partial charge on any atom is -0.378 e. The predicted molar refractivity (Wildman–Crippen MR) is 134 cm³/mol. The number of rotatable bonds is 4. The third-order valence-electron chi connectivity index (χ3n) is 6.63. The van der Waals surface area contributed by atoms with Crippen LogP contribution in [-0.2, 0) is 11.2 Å². The van der Waals surface area contributed by atoms with Crippen molar-refractivity contribution in [3.63, 3.8) is 0 Å². The number of hydrogen-bond acceptors (Lipinski definition) is 6. The molecule has 0 saturated carbocycles. The van der Waals surface area contributed by atoms with Gasteiger partial charge < -0.3 is 9.64 Å². The second-order valence-corrected chi connectivity index (χ2v) is 8.70. The van der Waals surface area contributed by atoms with Crippen LogP contribution in [0.2, 0.25) is 0 Å². The van der Waals surface area contributed by atoms with E-state index in [0.717, 1.165) is 83.1 Å². The fourth-order valence-corrected chi connectivity index (χ4v) is 4.98. The van der Waals surface area contributed by atoms with Gasteiger partial charge in [0.2, 0.25) is 0 Å². The number of aromatic amines is 1. The number of hydrogen-bond donors (Lipinski definition) is 1. The zero-order chi connectivity index (χ0) is 23.2. The van der Waals surface area contributed by atoms with Crippen LogP contribution in [0.15, 0.2) is 42.7 Å². The van der Waals surface area contributed by atoms with Crippen LogP contribution in [0, 0.1) is 13.8 Å². The van der Waals surface area contributed by atoms with E-state index in [1.54, 1.807) is 0 Å². The molecule has 1 saturated heterocycles. The van der Waals surface area contributed by atoms with Gasteiger partial charge in [0.1, 0.15) is 12.2 Å².